The molecular weight excluding hydrogens is 290 g/mol. The standard InChI is InChI=1S/C16H16ClNO3/c1-11(19)12-3-2-4-15(9-12)21-10-16(20)18-14-7-5-13(17)6-8-14/h2-9,11,19H,10H2,1H3,(H,18,20). The Balaban J connectivity index is 1.89. The molecular formula is C16H16ClNO3. The van der Waals surface area contributed by atoms with E-state index in [1.807, 2.05) is 0 Å². The van der Waals surface area contributed by atoms with Crippen molar-refractivity contribution in [1.82, 2.24) is 0 Å². The number of anilines is 1. The molecule has 0 fully saturated rings. The first-order valence-electron chi connectivity index (χ1n) is 6.51. The molecule has 0 aliphatic heterocycles. The maximum Gasteiger partial charge on any atom is 0.262 e. The van der Waals surface area contributed by atoms with E-state index in [0.717, 1.165) is 5.56 Å². The average molecular weight is 306 g/mol. The molecule has 2 rings (SSSR count). The van der Waals surface area contributed by atoms with Crippen LogP contribution in [0.2, 0.25) is 5.02 Å². The summed E-state index contributed by atoms with van der Waals surface area (Å²) in [6, 6.07) is 13.8. The van der Waals surface area contributed by atoms with Crippen molar-refractivity contribution in [2.24, 2.45) is 0 Å². The van der Waals surface area contributed by atoms with Gasteiger partial charge in [0, 0.05) is 10.7 Å². The number of rotatable bonds is 5. The Labute approximate surface area is 128 Å². The van der Waals surface area contributed by atoms with Gasteiger partial charge in [0.05, 0.1) is 6.10 Å². The summed E-state index contributed by atoms with van der Waals surface area (Å²) in [6.45, 7) is 1.57. The number of hydrogen-bond acceptors (Lipinski definition) is 3. The van der Waals surface area contributed by atoms with E-state index < -0.39 is 6.10 Å². The van der Waals surface area contributed by atoms with Gasteiger partial charge < -0.3 is 15.2 Å². The molecule has 1 atom stereocenters. The van der Waals surface area contributed by atoms with Crippen molar-refractivity contribution in [1.29, 1.82) is 0 Å². The van der Waals surface area contributed by atoms with Gasteiger partial charge in [-0.3, -0.25) is 4.79 Å². The summed E-state index contributed by atoms with van der Waals surface area (Å²) in [5, 5.41) is 12.8. The van der Waals surface area contributed by atoms with Crippen LogP contribution in [0.15, 0.2) is 48.5 Å². The van der Waals surface area contributed by atoms with E-state index in [0.29, 0.717) is 16.5 Å². The van der Waals surface area contributed by atoms with E-state index in [2.05, 4.69) is 5.32 Å². The van der Waals surface area contributed by atoms with Crippen LogP contribution in [0.25, 0.3) is 0 Å². The summed E-state index contributed by atoms with van der Waals surface area (Å²) < 4.78 is 5.41. The van der Waals surface area contributed by atoms with Crippen LogP contribution in [0, 0.1) is 0 Å². The molecule has 110 valence electrons. The second-order valence-electron chi connectivity index (χ2n) is 4.59. The van der Waals surface area contributed by atoms with Gasteiger partial charge in [-0.05, 0) is 48.9 Å². The lowest BCUT2D eigenvalue weighted by atomic mass is 10.1. The summed E-state index contributed by atoms with van der Waals surface area (Å²) in [7, 11) is 0. The van der Waals surface area contributed by atoms with E-state index in [1.54, 1.807) is 55.5 Å². The number of benzene rings is 2. The number of amides is 1. The SMILES string of the molecule is CC(O)c1cccc(OCC(=O)Nc2ccc(Cl)cc2)c1. The van der Waals surface area contributed by atoms with Crippen LogP contribution in [0.1, 0.15) is 18.6 Å². The molecule has 2 aromatic carbocycles. The topological polar surface area (TPSA) is 58.6 Å². The van der Waals surface area contributed by atoms with Gasteiger partial charge >= 0.3 is 0 Å². The Morgan fingerprint density at radius 3 is 2.67 bits per heavy atom. The predicted molar refractivity (Wildman–Crippen MR) is 82.7 cm³/mol. The number of carbonyl (C=O) groups excluding carboxylic acids is 1. The van der Waals surface area contributed by atoms with Crippen molar-refractivity contribution in [3.8, 4) is 5.75 Å². The number of ether oxygens (including phenoxy) is 1. The molecule has 2 aromatic rings. The lowest BCUT2D eigenvalue weighted by molar-refractivity contribution is -0.118. The van der Waals surface area contributed by atoms with Gasteiger partial charge in [-0.15, -0.1) is 0 Å². The molecule has 1 amide bonds. The largest absolute Gasteiger partial charge is 0.484 e. The molecule has 0 spiro atoms. The van der Waals surface area contributed by atoms with Crippen molar-refractivity contribution >= 4 is 23.2 Å². The van der Waals surface area contributed by atoms with E-state index in [9.17, 15) is 9.90 Å². The molecule has 0 aromatic heterocycles. The van der Waals surface area contributed by atoms with Crippen molar-refractivity contribution in [3.05, 3.63) is 59.1 Å². The Hall–Kier alpha value is -2.04. The number of aliphatic hydroxyl groups is 1. The van der Waals surface area contributed by atoms with Gasteiger partial charge in [-0.1, -0.05) is 23.7 Å². The van der Waals surface area contributed by atoms with Crippen LogP contribution in [0.3, 0.4) is 0 Å². The third kappa shape index (κ3) is 4.77. The van der Waals surface area contributed by atoms with Crippen molar-refractivity contribution in [2.45, 2.75) is 13.0 Å². The first kappa shape index (κ1) is 15.4. The Bertz CT molecular complexity index is 611. The summed E-state index contributed by atoms with van der Waals surface area (Å²) in [6.07, 6.45) is -0.573. The fourth-order valence-corrected chi connectivity index (χ4v) is 1.87. The van der Waals surface area contributed by atoms with Crippen LogP contribution >= 0.6 is 11.6 Å². The Kier molecular flexibility index (Phi) is 5.20. The lowest BCUT2D eigenvalue weighted by Gasteiger charge is -2.10. The fraction of sp³-hybridized carbons (Fsp3) is 0.188. The number of aliphatic hydroxyl groups excluding tert-OH is 1. The van der Waals surface area contributed by atoms with Gasteiger partial charge in [-0.25, -0.2) is 0 Å². The van der Waals surface area contributed by atoms with Gasteiger partial charge in [0.15, 0.2) is 6.61 Å². The van der Waals surface area contributed by atoms with E-state index in [1.165, 1.54) is 0 Å². The van der Waals surface area contributed by atoms with Gasteiger partial charge in [-0.2, -0.15) is 0 Å². The van der Waals surface area contributed by atoms with Gasteiger partial charge in [0.1, 0.15) is 5.75 Å². The monoisotopic (exact) mass is 305 g/mol. The highest BCUT2D eigenvalue weighted by atomic mass is 35.5. The van der Waals surface area contributed by atoms with E-state index in [4.69, 9.17) is 16.3 Å². The number of carbonyl (C=O) groups is 1. The number of hydrogen-bond donors (Lipinski definition) is 2. The highest BCUT2D eigenvalue weighted by Gasteiger charge is 2.06. The summed E-state index contributed by atoms with van der Waals surface area (Å²) in [5.74, 6) is 0.277. The zero-order valence-corrected chi connectivity index (χ0v) is 12.3. The average Bonchev–Trinajstić information content (AvgIpc) is 2.48. The fourth-order valence-electron chi connectivity index (χ4n) is 1.74. The third-order valence-corrected chi connectivity index (χ3v) is 3.09. The maximum absolute atomic E-state index is 11.8. The normalized spacial score (nSPS) is 11.8. The quantitative estimate of drug-likeness (QED) is 0.890. The zero-order chi connectivity index (χ0) is 15.2. The first-order valence-corrected chi connectivity index (χ1v) is 6.88. The van der Waals surface area contributed by atoms with Crippen molar-refractivity contribution < 1.29 is 14.6 Å². The second kappa shape index (κ2) is 7.11. The second-order valence-corrected chi connectivity index (χ2v) is 5.03. The molecule has 21 heavy (non-hydrogen) atoms. The molecule has 0 bridgehead atoms. The zero-order valence-electron chi connectivity index (χ0n) is 11.5. The summed E-state index contributed by atoms with van der Waals surface area (Å²) in [5.41, 5.74) is 1.40. The van der Waals surface area contributed by atoms with E-state index >= 15 is 0 Å². The lowest BCUT2D eigenvalue weighted by Crippen LogP contribution is -2.20. The molecule has 0 aliphatic carbocycles. The minimum Gasteiger partial charge on any atom is -0.484 e. The molecule has 4 nitrogen and oxygen atoms in total. The van der Waals surface area contributed by atoms with Crippen LogP contribution in [-0.4, -0.2) is 17.6 Å². The predicted octanol–water partition coefficient (Wildman–Crippen LogP) is 3.41. The minimum absolute atomic E-state index is 0.105. The minimum atomic E-state index is -0.573. The van der Waals surface area contributed by atoms with Crippen LogP contribution < -0.4 is 10.1 Å². The molecule has 0 saturated heterocycles. The highest BCUT2D eigenvalue weighted by Crippen LogP contribution is 2.19. The van der Waals surface area contributed by atoms with Crippen LogP contribution in [-0.2, 0) is 4.79 Å². The van der Waals surface area contributed by atoms with Crippen molar-refractivity contribution in [2.75, 3.05) is 11.9 Å². The molecule has 0 saturated carbocycles. The molecule has 1 unspecified atom stereocenters. The summed E-state index contributed by atoms with van der Waals surface area (Å²) >= 11 is 5.77. The highest BCUT2D eigenvalue weighted by molar-refractivity contribution is 6.30. The molecule has 2 N–H and O–H groups in total. The number of halogens is 1. The third-order valence-electron chi connectivity index (χ3n) is 2.84. The maximum atomic E-state index is 11.8. The summed E-state index contributed by atoms with van der Waals surface area (Å²) in [4.78, 5) is 11.8. The smallest absolute Gasteiger partial charge is 0.262 e. The van der Waals surface area contributed by atoms with Crippen LogP contribution in [0.5, 0.6) is 5.75 Å². The van der Waals surface area contributed by atoms with Gasteiger partial charge in [0.2, 0.25) is 0 Å². The molecule has 0 aliphatic rings. The van der Waals surface area contributed by atoms with E-state index in [-0.39, 0.29) is 12.5 Å². The molecule has 0 heterocycles. The van der Waals surface area contributed by atoms with Crippen LogP contribution in [0.4, 0.5) is 5.69 Å². The van der Waals surface area contributed by atoms with Crippen molar-refractivity contribution in [3.63, 3.8) is 0 Å². The Morgan fingerprint density at radius 2 is 2.00 bits per heavy atom. The first-order chi connectivity index (χ1) is 10.0. The number of nitrogens with one attached hydrogen (secondary N) is 1. The molecule has 5 heteroatoms. The van der Waals surface area contributed by atoms with Gasteiger partial charge in [0.25, 0.3) is 5.91 Å². The Morgan fingerprint density at radius 1 is 1.29 bits per heavy atom. The molecule has 0 radical (unpaired) electrons.